The van der Waals surface area contributed by atoms with Crippen LogP contribution in [0.1, 0.15) is 11.3 Å². The van der Waals surface area contributed by atoms with Crippen molar-refractivity contribution < 1.29 is 14.3 Å². The van der Waals surface area contributed by atoms with Crippen molar-refractivity contribution in [2.45, 2.75) is 19.6 Å². The van der Waals surface area contributed by atoms with E-state index >= 15 is 0 Å². The van der Waals surface area contributed by atoms with E-state index in [1.165, 1.54) is 5.56 Å². The van der Waals surface area contributed by atoms with Crippen LogP contribution in [0.15, 0.2) is 40.8 Å². The Morgan fingerprint density at radius 3 is 2.56 bits per heavy atom. The van der Waals surface area contributed by atoms with E-state index in [0.29, 0.717) is 19.6 Å². The van der Waals surface area contributed by atoms with E-state index in [9.17, 15) is 5.11 Å². The van der Waals surface area contributed by atoms with Crippen molar-refractivity contribution >= 4 is 0 Å². The van der Waals surface area contributed by atoms with Crippen LogP contribution in [0, 0.1) is 6.92 Å². The third-order valence-electron chi connectivity index (χ3n) is 4.52. The summed E-state index contributed by atoms with van der Waals surface area (Å²) in [4.78, 5) is 4.35. The van der Waals surface area contributed by atoms with E-state index < -0.39 is 0 Å². The molecule has 3 rings (SSSR count). The molecule has 1 aromatic heterocycles. The van der Waals surface area contributed by atoms with Crippen LogP contribution in [0.4, 0.5) is 0 Å². The van der Waals surface area contributed by atoms with Gasteiger partial charge in [0.25, 0.3) is 0 Å². The van der Waals surface area contributed by atoms with Gasteiger partial charge in [-0.2, -0.15) is 0 Å². The molecule has 1 unspecified atom stereocenters. The Labute approximate surface area is 149 Å². The predicted molar refractivity (Wildman–Crippen MR) is 98.5 cm³/mol. The fraction of sp³-hybridized carbons (Fsp3) is 0.500. The Hall–Kier alpha value is -1.66. The first-order valence-corrected chi connectivity index (χ1v) is 8.92. The lowest BCUT2D eigenvalue weighted by Crippen LogP contribution is -2.43. The second kappa shape index (κ2) is 8.63. The van der Waals surface area contributed by atoms with Crippen molar-refractivity contribution in [2.75, 3.05) is 46.4 Å². The Morgan fingerprint density at radius 2 is 1.84 bits per heavy atom. The van der Waals surface area contributed by atoms with Crippen LogP contribution in [0.5, 0.6) is 0 Å². The second-order valence-corrected chi connectivity index (χ2v) is 6.90. The summed E-state index contributed by atoms with van der Waals surface area (Å²) in [5.74, 6) is 1.80. The lowest BCUT2D eigenvalue weighted by atomic mass is 10.1. The number of nitrogens with zero attached hydrogens (tertiary/aromatic N) is 2. The summed E-state index contributed by atoms with van der Waals surface area (Å²) in [6.07, 6.45) is -0.366. The van der Waals surface area contributed by atoms with Crippen LogP contribution in [0.25, 0.3) is 11.3 Å². The van der Waals surface area contributed by atoms with Gasteiger partial charge in [-0.05, 0) is 26.1 Å². The predicted octanol–water partition coefficient (Wildman–Crippen LogP) is 2.38. The Morgan fingerprint density at radius 1 is 1.12 bits per heavy atom. The number of ether oxygens (including phenoxy) is 1. The number of aryl methyl sites for hydroxylation is 1. The summed E-state index contributed by atoms with van der Waals surface area (Å²) < 4.78 is 11.3. The number of morpholine rings is 1. The zero-order valence-corrected chi connectivity index (χ0v) is 15.1. The third-order valence-corrected chi connectivity index (χ3v) is 4.52. The zero-order valence-electron chi connectivity index (χ0n) is 15.1. The molecular formula is C20H28N2O3. The van der Waals surface area contributed by atoms with Crippen molar-refractivity contribution in [2.24, 2.45) is 0 Å². The number of furan rings is 1. The summed E-state index contributed by atoms with van der Waals surface area (Å²) >= 11 is 0. The summed E-state index contributed by atoms with van der Waals surface area (Å²) in [6.45, 7) is 7.41. The second-order valence-electron chi connectivity index (χ2n) is 6.90. The van der Waals surface area contributed by atoms with Gasteiger partial charge >= 0.3 is 0 Å². The van der Waals surface area contributed by atoms with Crippen molar-refractivity contribution in [3.63, 3.8) is 0 Å². The molecule has 1 aromatic carbocycles. The normalized spacial score (nSPS) is 17.1. The van der Waals surface area contributed by atoms with Crippen LogP contribution in [0.3, 0.4) is 0 Å². The first-order valence-electron chi connectivity index (χ1n) is 8.92. The van der Waals surface area contributed by atoms with Gasteiger partial charge in [-0.25, -0.2) is 0 Å². The van der Waals surface area contributed by atoms with Crippen LogP contribution >= 0.6 is 0 Å². The number of aliphatic hydroxyl groups excluding tert-OH is 1. The number of likely N-dealkylation sites (N-methyl/N-ethyl adjacent to an activating group) is 1. The van der Waals surface area contributed by atoms with Gasteiger partial charge in [0, 0.05) is 31.7 Å². The molecule has 25 heavy (non-hydrogen) atoms. The average molecular weight is 344 g/mol. The first kappa shape index (κ1) is 18.1. The fourth-order valence-corrected chi connectivity index (χ4v) is 3.17. The topological polar surface area (TPSA) is 49.1 Å². The van der Waals surface area contributed by atoms with Gasteiger partial charge in [-0.15, -0.1) is 0 Å². The first-order chi connectivity index (χ1) is 12.1. The van der Waals surface area contributed by atoms with E-state index in [4.69, 9.17) is 9.15 Å². The van der Waals surface area contributed by atoms with Gasteiger partial charge in [-0.3, -0.25) is 9.80 Å². The standard InChI is InChI=1S/C20H28N2O3/c1-16-3-5-17(6-4-16)20-8-7-19(25-20)15-21(2)13-18(23)14-22-9-11-24-12-10-22/h3-8,18,23H,9-15H2,1-2H3. The van der Waals surface area contributed by atoms with Gasteiger partial charge < -0.3 is 14.3 Å². The lowest BCUT2D eigenvalue weighted by Gasteiger charge is -2.29. The molecule has 5 heteroatoms. The number of rotatable bonds is 7. The van der Waals surface area contributed by atoms with Crippen LogP contribution in [0.2, 0.25) is 0 Å². The molecule has 1 saturated heterocycles. The minimum atomic E-state index is -0.366. The van der Waals surface area contributed by atoms with E-state index in [1.807, 2.05) is 19.2 Å². The van der Waals surface area contributed by atoms with E-state index in [-0.39, 0.29) is 6.10 Å². The van der Waals surface area contributed by atoms with Crippen LogP contribution in [-0.4, -0.2) is 67.5 Å². The highest BCUT2D eigenvalue weighted by atomic mass is 16.5. The zero-order chi connectivity index (χ0) is 17.6. The van der Waals surface area contributed by atoms with E-state index in [1.54, 1.807) is 0 Å². The molecule has 5 nitrogen and oxygen atoms in total. The number of aliphatic hydroxyl groups is 1. The fourth-order valence-electron chi connectivity index (χ4n) is 3.17. The summed E-state index contributed by atoms with van der Waals surface area (Å²) in [5, 5.41) is 10.3. The average Bonchev–Trinajstić information content (AvgIpc) is 3.04. The van der Waals surface area contributed by atoms with Crippen LogP contribution in [-0.2, 0) is 11.3 Å². The molecule has 1 N–H and O–H groups in total. The summed E-state index contributed by atoms with van der Waals surface area (Å²) in [6, 6.07) is 12.4. The SMILES string of the molecule is Cc1ccc(-c2ccc(CN(C)CC(O)CN3CCOCC3)o2)cc1. The number of β-amino-alcohol motifs (C(OH)–C–C–N with tert-alkyl or cyclic N) is 1. The molecule has 1 aliphatic rings. The molecule has 2 heterocycles. The minimum Gasteiger partial charge on any atom is -0.460 e. The van der Waals surface area contributed by atoms with E-state index in [2.05, 4.69) is 41.0 Å². The Bertz CT molecular complexity index is 647. The molecule has 1 atom stereocenters. The number of hydrogen-bond acceptors (Lipinski definition) is 5. The highest BCUT2D eigenvalue weighted by molar-refractivity contribution is 5.57. The number of hydrogen-bond donors (Lipinski definition) is 1. The van der Waals surface area contributed by atoms with Crippen LogP contribution < -0.4 is 0 Å². The van der Waals surface area contributed by atoms with Crippen molar-refractivity contribution in [1.82, 2.24) is 9.80 Å². The molecule has 2 aromatic rings. The highest BCUT2D eigenvalue weighted by Gasteiger charge is 2.17. The summed E-state index contributed by atoms with van der Waals surface area (Å²) in [5.41, 5.74) is 2.33. The minimum absolute atomic E-state index is 0.366. The molecule has 0 amide bonds. The molecule has 0 bridgehead atoms. The quantitative estimate of drug-likeness (QED) is 0.836. The smallest absolute Gasteiger partial charge is 0.134 e. The molecule has 0 aliphatic carbocycles. The molecule has 1 fully saturated rings. The Kier molecular flexibility index (Phi) is 6.26. The number of benzene rings is 1. The van der Waals surface area contributed by atoms with Crippen molar-refractivity contribution in [3.05, 3.63) is 47.7 Å². The van der Waals surface area contributed by atoms with E-state index in [0.717, 1.165) is 43.4 Å². The van der Waals surface area contributed by atoms with Gasteiger partial charge in [0.1, 0.15) is 11.5 Å². The van der Waals surface area contributed by atoms with Crippen molar-refractivity contribution in [1.29, 1.82) is 0 Å². The van der Waals surface area contributed by atoms with Gasteiger partial charge in [0.05, 0.1) is 25.9 Å². The third kappa shape index (κ3) is 5.41. The monoisotopic (exact) mass is 344 g/mol. The highest BCUT2D eigenvalue weighted by Crippen LogP contribution is 2.23. The van der Waals surface area contributed by atoms with Gasteiger partial charge in [0.15, 0.2) is 0 Å². The Balaban J connectivity index is 1.49. The maximum absolute atomic E-state index is 10.3. The molecule has 0 saturated carbocycles. The maximum Gasteiger partial charge on any atom is 0.134 e. The largest absolute Gasteiger partial charge is 0.460 e. The molecular weight excluding hydrogens is 316 g/mol. The molecule has 0 radical (unpaired) electrons. The summed E-state index contributed by atoms with van der Waals surface area (Å²) in [7, 11) is 2.01. The molecule has 0 spiro atoms. The lowest BCUT2D eigenvalue weighted by molar-refractivity contribution is 0.00793. The van der Waals surface area contributed by atoms with Gasteiger partial charge in [0.2, 0.25) is 0 Å². The molecule has 1 aliphatic heterocycles. The molecule has 136 valence electrons. The maximum atomic E-state index is 10.3. The van der Waals surface area contributed by atoms with Crippen molar-refractivity contribution in [3.8, 4) is 11.3 Å². The van der Waals surface area contributed by atoms with Gasteiger partial charge in [-0.1, -0.05) is 29.8 Å².